The van der Waals surface area contributed by atoms with Gasteiger partial charge in [0.2, 0.25) is 0 Å². The van der Waals surface area contributed by atoms with Gasteiger partial charge in [-0.2, -0.15) is 0 Å². The molecule has 1 N–H and O–H groups in total. The van der Waals surface area contributed by atoms with Gasteiger partial charge in [0, 0.05) is 27.4 Å². The van der Waals surface area contributed by atoms with Crippen LogP contribution in [-0.4, -0.2) is 19.7 Å². The minimum atomic E-state index is 0.692. The van der Waals surface area contributed by atoms with Gasteiger partial charge in [0.1, 0.15) is 0 Å². The average Bonchev–Trinajstić information content (AvgIpc) is 3.46. The summed E-state index contributed by atoms with van der Waals surface area (Å²) in [5.74, 6) is 1.48. The van der Waals surface area contributed by atoms with Crippen LogP contribution in [0.4, 0.5) is 10.8 Å². The third-order valence-corrected chi connectivity index (χ3v) is 7.04. The molecular formula is C25H20ClN5S2. The van der Waals surface area contributed by atoms with Crippen molar-refractivity contribution in [2.24, 2.45) is 0 Å². The molecule has 0 fully saturated rings. The number of para-hydroxylation sites is 2. The molecule has 5 nitrogen and oxygen atoms in total. The molecule has 3 aromatic carbocycles. The molecule has 5 rings (SSSR count). The number of benzene rings is 3. The van der Waals surface area contributed by atoms with Crippen molar-refractivity contribution in [3.8, 4) is 17.1 Å². The molecule has 164 valence electrons. The number of nitrogens with zero attached hydrogens (tertiary/aromatic N) is 4. The van der Waals surface area contributed by atoms with Gasteiger partial charge in [0.05, 0.1) is 11.4 Å². The first kappa shape index (κ1) is 21.7. The van der Waals surface area contributed by atoms with Gasteiger partial charge in [-0.15, -0.1) is 21.5 Å². The maximum atomic E-state index is 6.10. The Morgan fingerprint density at radius 2 is 1.70 bits per heavy atom. The molecule has 0 aliphatic rings. The van der Waals surface area contributed by atoms with Crippen LogP contribution in [0.1, 0.15) is 11.3 Å². The molecule has 0 aliphatic heterocycles. The van der Waals surface area contributed by atoms with Crippen molar-refractivity contribution >= 4 is 45.5 Å². The number of aromatic nitrogens is 4. The van der Waals surface area contributed by atoms with E-state index in [-0.39, 0.29) is 0 Å². The summed E-state index contributed by atoms with van der Waals surface area (Å²) in [7, 11) is 0. The molecule has 0 saturated heterocycles. The van der Waals surface area contributed by atoms with Crippen molar-refractivity contribution in [3.05, 3.63) is 101 Å². The maximum Gasteiger partial charge on any atom is 0.196 e. The molecule has 33 heavy (non-hydrogen) atoms. The van der Waals surface area contributed by atoms with Crippen LogP contribution < -0.4 is 5.32 Å². The number of rotatable bonds is 7. The zero-order chi connectivity index (χ0) is 22.6. The van der Waals surface area contributed by atoms with Crippen LogP contribution in [0.25, 0.3) is 17.1 Å². The van der Waals surface area contributed by atoms with Crippen molar-refractivity contribution in [2.45, 2.75) is 17.8 Å². The Kier molecular flexibility index (Phi) is 6.44. The number of thiazole rings is 1. The van der Waals surface area contributed by atoms with Crippen molar-refractivity contribution < 1.29 is 0 Å². The summed E-state index contributed by atoms with van der Waals surface area (Å²) in [5.41, 5.74) is 5.19. The number of nitrogens with one attached hydrogen (secondary N) is 1. The Morgan fingerprint density at radius 3 is 2.48 bits per heavy atom. The van der Waals surface area contributed by atoms with E-state index in [9.17, 15) is 0 Å². The zero-order valence-corrected chi connectivity index (χ0v) is 20.2. The van der Waals surface area contributed by atoms with Crippen molar-refractivity contribution in [2.75, 3.05) is 5.32 Å². The van der Waals surface area contributed by atoms with Crippen LogP contribution >= 0.6 is 34.7 Å². The lowest BCUT2D eigenvalue weighted by atomic mass is 10.1. The summed E-state index contributed by atoms with van der Waals surface area (Å²) >= 11 is 9.32. The van der Waals surface area contributed by atoms with Crippen molar-refractivity contribution in [1.29, 1.82) is 0 Å². The van der Waals surface area contributed by atoms with Gasteiger partial charge in [-0.25, -0.2) is 4.98 Å². The molecule has 5 aromatic rings. The standard InChI is InChI=1S/C25H20ClN5S2/c1-17-7-5-6-10-22(17)31-23(18-11-13-19(26)14-12-18)29-30-25(31)33-16-21-15-32-24(28-21)27-20-8-3-2-4-9-20/h2-15H,16H2,1H3,(H,27,28). The molecule has 0 aliphatic carbocycles. The van der Waals surface area contributed by atoms with Crippen LogP contribution in [0, 0.1) is 6.92 Å². The Bertz CT molecular complexity index is 1360. The monoisotopic (exact) mass is 489 g/mol. The Hall–Kier alpha value is -3.13. The molecule has 0 unspecified atom stereocenters. The number of hydrogen-bond acceptors (Lipinski definition) is 6. The van der Waals surface area contributed by atoms with E-state index in [1.807, 2.05) is 66.7 Å². The molecule has 2 heterocycles. The quantitative estimate of drug-likeness (QED) is 0.241. The van der Waals surface area contributed by atoms with Gasteiger partial charge in [-0.05, 0) is 55.0 Å². The highest BCUT2D eigenvalue weighted by Gasteiger charge is 2.18. The lowest BCUT2D eigenvalue weighted by Crippen LogP contribution is -2.02. The fourth-order valence-corrected chi connectivity index (χ4v) is 5.19. The molecule has 2 aromatic heterocycles. The summed E-state index contributed by atoms with van der Waals surface area (Å²) < 4.78 is 2.11. The van der Waals surface area contributed by atoms with E-state index in [0.717, 1.165) is 44.3 Å². The largest absolute Gasteiger partial charge is 0.332 e. The first-order valence-electron chi connectivity index (χ1n) is 10.3. The van der Waals surface area contributed by atoms with Gasteiger partial charge in [0.15, 0.2) is 16.1 Å². The molecule has 0 radical (unpaired) electrons. The van der Waals surface area contributed by atoms with E-state index < -0.39 is 0 Å². The summed E-state index contributed by atoms with van der Waals surface area (Å²) in [6.07, 6.45) is 0. The summed E-state index contributed by atoms with van der Waals surface area (Å²) in [5, 5.41) is 16.9. The Labute approximate surface area is 205 Å². The third kappa shape index (κ3) is 4.95. The first-order chi connectivity index (χ1) is 16.2. The smallest absolute Gasteiger partial charge is 0.196 e. The lowest BCUT2D eigenvalue weighted by molar-refractivity contribution is 0.880. The van der Waals surface area contributed by atoms with Crippen molar-refractivity contribution in [1.82, 2.24) is 19.7 Å². The third-order valence-electron chi connectivity index (χ3n) is 5.02. The maximum absolute atomic E-state index is 6.10. The molecule has 0 bridgehead atoms. The number of anilines is 2. The highest BCUT2D eigenvalue weighted by Crippen LogP contribution is 2.32. The summed E-state index contributed by atoms with van der Waals surface area (Å²) in [4.78, 5) is 4.73. The Morgan fingerprint density at radius 1 is 0.939 bits per heavy atom. The fraction of sp³-hybridized carbons (Fsp3) is 0.0800. The molecule has 8 heteroatoms. The van der Waals surface area contributed by atoms with E-state index in [4.69, 9.17) is 16.6 Å². The second-order valence-corrected chi connectivity index (χ2v) is 9.60. The van der Waals surface area contributed by atoms with Gasteiger partial charge < -0.3 is 5.32 Å². The van der Waals surface area contributed by atoms with Gasteiger partial charge in [0.25, 0.3) is 0 Å². The lowest BCUT2D eigenvalue weighted by Gasteiger charge is -2.12. The normalized spacial score (nSPS) is 11.0. The van der Waals surface area contributed by atoms with Gasteiger partial charge in [-0.3, -0.25) is 4.57 Å². The van der Waals surface area contributed by atoms with Gasteiger partial charge in [-0.1, -0.05) is 59.8 Å². The van der Waals surface area contributed by atoms with Crippen LogP contribution in [0.3, 0.4) is 0 Å². The number of halogens is 1. The SMILES string of the molecule is Cc1ccccc1-n1c(SCc2csc(Nc3ccccc3)n2)nnc1-c1ccc(Cl)cc1. The van der Waals surface area contributed by atoms with E-state index >= 15 is 0 Å². The molecular weight excluding hydrogens is 470 g/mol. The van der Waals surface area contributed by atoms with E-state index in [2.05, 4.69) is 44.5 Å². The number of hydrogen-bond donors (Lipinski definition) is 1. The second kappa shape index (κ2) is 9.79. The van der Waals surface area contributed by atoms with Crippen molar-refractivity contribution in [3.63, 3.8) is 0 Å². The summed E-state index contributed by atoms with van der Waals surface area (Å²) in [6, 6.07) is 26.0. The predicted octanol–water partition coefficient (Wildman–Crippen LogP) is 7.39. The van der Waals surface area contributed by atoms with Gasteiger partial charge >= 0.3 is 0 Å². The van der Waals surface area contributed by atoms with E-state index in [0.29, 0.717) is 10.8 Å². The van der Waals surface area contributed by atoms with E-state index in [1.54, 1.807) is 23.1 Å². The van der Waals surface area contributed by atoms with Crippen LogP contribution in [0.2, 0.25) is 5.02 Å². The summed E-state index contributed by atoms with van der Waals surface area (Å²) in [6.45, 7) is 2.09. The fourth-order valence-electron chi connectivity index (χ4n) is 3.39. The zero-order valence-electron chi connectivity index (χ0n) is 17.8. The molecule has 0 spiro atoms. The highest BCUT2D eigenvalue weighted by molar-refractivity contribution is 7.98. The van der Waals surface area contributed by atoms with Crippen LogP contribution in [-0.2, 0) is 5.75 Å². The molecule has 0 amide bonds. The van der Waals surface area contributed by atoms with Crippen LogP contribution in [0.15, 0.2) is 89.4 Å². The minimum absolute atomic E-state index is 0.692. The average molecular weight is 490 g/mol. The predicted molar refractivity (Wildman–Crippen MR) is 138 cm³/mol. The highest BCUT2D eigenvalue weighted by atomic mass is 35.5. The second-order valence-electron chi connectivity index (χ2n) is 7.36. The van der Waals surface area contributed by atoms with Crippen LogP contribution in [0.5, 0.6) is 0 Å². The minimum Gasteiger partial charge on any atom is -0.332 e. The Balaban J connectivity index is 1.42. The molecule has 0 saturated carbocycles. The number of thioether (sulfide) groups is 1. The molecule has 0 atom stereocenters. The first-order valence-corrected chi connectivity index (χ1v) is 12.6. The topological polar surface area (TPSA) is 55.6 Å². The number of aryl methyl sites for hydroxylation is 1. The van der Waals surface area contributed by atoms with E-state index in [1.165, 1.54) is 0 Å².